The van der Waals surface area contributed by atoms with Gasteiger partial charge in [-0.2, -0.15) is 0 Å². The summed E-state index contributed by atoms with van der Waals surface area (Å²) in [6, 6.07) is 12.8. The van der Waals surface area contributed by atoms with Gasteiger partial charge < -0.3 is 10.3 Å². The van der Waals surface area contributed by atoms with Gasteiger partial charge in [0, 0.05) is 30.2 Å². The smallest absolute Gasteiger partial charge is 0.293 e. The van der Waals surface area contributed by atoms with Crippen LogP contribution in [0.1, 0.15) is 11.1 Å². The predicted octanol–water partition coefficient (Wildman–Crippen LogP) is 4.87. The number of fused-ring (bicyclic) bond motifs is 1. The summed E-state index contributed by atoms with van der Waals surface area (Å²) in [6.07, 6.45) is 3.57. The van der Waals surface area contributed by atoms with Gasteiger partial charge in [0.1, 0.15) is 0 Å². The lowest BCUT2D eigenvalue weighted by Gasteiger charge is -2.13. The Hall–Kier alpha value is -2.74. The number of hydrogen-bond acceptors (Lipinski definition) is 4. The van der Waals surface area contributed by atoms with Crippen molar-refractivity contribution in [2.75, 3.05) is 13.1 Å². The Balaban J connectivity index is 1.35. The van der Waals surface area contributed by atoms with Crippen molar-refractivity contribution in [1.82, 2.24) is 15.2 Å². The third-order valence-electron chi connectivity index (χ3n) is 4.83. The zero-order valence-electron chi connectivity index (χ0n) is 16.2. The maximum absolute atomic E-state index is 12.6. The molecule has 2 N–H and O–H groups in total. The summed E-state index contributed by atoms with van der Waals surface area (Å²) < 4.78 is 0. The average Bonchev–Trinajstić information content (AvgIpc) is 3.27. The van der Waals surface area contributed by atoms with Crippen LogP contribution < -0.4 is 5.32 Å². The number of nitrogens with zero attached hydrogens (tertiary/aromatic N) is 1. The summed E-state index contributed by atoms with van der Waals surface area (Å²) in [5.74, 6) is -0.602. The second kappa shape index (κ2) is 9.18. The molecule has 1 saturated heterocycles. The van der Waals surface area contributed by atoms with Gasteiger partial charge in [0.05, 0.1) is 21.4 Å². The number of benzene rings is 2. The van der Waals surface area contributed by atoms with Gasteiger partial charge in [-0.1, -0.05) is 53.5 Å². The van der Waals surface area contributed by atoms with Crippen LogP contribution in [-0.4, -0.2) is 40.0 Å². The van der Waals surface area contributed by atoms with Crippen LogP contribution in [0.4, 0.5) is 4.79 Å². The van der Waals surface area contributed by atoms with Gasteiger partial charge in [-0.3, -0.25) is 19.3 Å². The van der Waals surface area contributed by atoms with Crippen molar-refractivity contribution in [3.8, 4) is 0 Å². The van der Waals surface area contributed by atoms with E-state index in [1.54, 1.807) is 24.3 Å². The van der Waals surface area contributed by atoms with Crippen molar-refractivity contribution in [1.29, 1.82) is 0 Å². The molecule has 0 radical (unpaired) electrons. The Morgan fingerprint density at radius 3 is 2.77 bits per heavy atom. The molecule has 3 aromatic rings. The van der Waals surface area contributed by atoms with Crippen molar-refractivity contribution in [2.45, 2.75) is 6.42 Å². The summed E-state index contributed by atoms with van der Waals surface area (Å²) in [7, 11) is 0. The lowest BCUT2D eigenvalue weighted by molar-refractivity contribution is -0.124. The quantitative estimate of drug-likeness (QED) is 0.500. The van der Waals surface area contributed by atoms with E-state index in [0.29, 0.717) is 15.6 Å². The van der Waals surface area contributed by atoms with Crippen molar-refractivity contribution in [3.63, 3.8) is 0 Å². The van der Waals surface area contributed by atoms with Crippen LogP contribution in [0.15, 0.2) is 53.6 Å². The lowest BCUT2D eigenvalue weighted by Crippen LogP contribution is -2.37. The molecule has 1 fully saturated rings. The molecule has 0 unspecified atom stereocenters. The molecular formula is C22H17Cl2N3O3S. The van der Waals surface area contributed by atoms with Gasteiger partial charge in [0.2, 0.25) is 5.91 Å². The summed E-state index contributed by atoms with van der Waals surface area (Å²) in [4.78, 5) is 41.7. The number of carbonyl (C=O) groups excluding carboxylic acids is 3. The summed E-state index contributed by atoms with van der Waals surface area (Å²) >= 11 is 13.0. The number of nitrogens with one attached hydrogen (secondary N) is 2. The zero-order chi connectivity index (χ0) is 22.0. The molecule has 6 nitrogen and oxygen atoms in total. The second-order valence-corrected chi connectivity index (χ2v) is 8.64. The van der Waals surface area contributed by atoms with E-state index in [2.05, 4.69) is 10.3 Å². The molecule has 0 spiro atoms. The molecular weight excluding hydrogens is 457 g/mol. The van der Waals surface area contributed by atoms with Gasteiger partial charge in [-0.15, -0.1) is 0 Å². The van der Waals surface area contributed by atoms with Crippen molar-refractivity contribution < 1.29 is 14.4 Å². The molecule has 1 aliphatic heterocycles. The number of aromatic nitrogens is 1. The highest BCUT2D eigenvalue weighted by Crippen LogP contribution is 2.34. The number of aromatic amines is 1. The standard InChI is InChI=1S/C22H17Cl2N3O3S/c23-16-6-3-4-13(20(16)24)10-18-21(29)27(22(30)31-18)9-8-25-19(28)11-14-12-26-17-7-2-1-5-15(14)17/h1-7,10,12,26H,8-9,11H2,(H,25,28)/b18-10-. The number of hydrogen-bond donors (Lipinski definition) is 2. The third-order valence-corrected chi connectivity index (χ3v) is 6.57. The normalized spacial score (nSPS) is 15.3. The minimum atomic E-state index is -0.420. The molecule has 2 aromatic carbocycles. The van der Waals surface area contributed by atoms with E-state index in [1.807, 2.05) is 30.5 Å². The first-order valence-corrected chi connectivity index (χ1v) is 11.0. The summed E-state index contributed by atoms with van der Waals surface area (Å²) in [6.45, 7) is 0.259. The molecule has 1 aliphatic rings. The number of para-hydroxylation sites is 1. The molecule has 158 valence electrons. The van der Waals surface area contributed by atoms with E-state index in [9.17, 15) is 14.4 Å². The SMILES string of the molecule is O=C(Cc1c[nH]c2ccccc12)NCCN1C(=O)S/C(=C\c2cccc(Cl)c2Cl)C1=O. The van der Waals surface area contributed by atoms with Gasteiger partial charge in [-0.05, 0) is 41.1 Å². The number of thioether (sulfide) groups is 1. The Kier molecular flexibility index (Phi) is 6.36. The van der Waals surface area contributed by atoms with Gasteiger partial charge in [-0.25, -0.2) is 0 Å². The highest BCUT2D eigenvalue weighted by molar-refractivity contribution is 8.18. The molecule has 1 aromatic heterocycles. The molecule has 0 atom stereocenters. The van der Waals surface area contributed by atoms with Crippen LogP contribution in [-0.2, 0) is 16.0 Å². The Morgan fingerprint density at radius 1 is 1.13 bits per heavy atom. The fourth-order valence-corrected chi connectivity index (χ4v) is 4.50. The number of halogens is 2. The molecule has 2 heterocycles. The molecule has 9 heteroatoms. The van der Waals surface area contributed by atoms with E-state index in [4.69, 9.17) is 23.2 Å². The number of imide groups is 1. The summed E-state index contributed by atoms with van der Waals surface area (Å²) in [5.41, 5.74) is 2.42. The molecule has 31 heavy (non-hydrogen) atoms. The molecule has 0 saturated carbocycles. The van der Waals surface area contributed by atoms with Crippen LogP contribution >= 0.6 is 35.0 Å². The van der Waals surface area contributed by atoms with Gasteiger partial charge in [0.15, 0.2) is 0 Å². The highest BCUT2D eigenvalue weighted by Gasteiger charge is 2.34. The first-order valence-electron chi connectivity index (χ1n) is 9.45. The number of amides is 3. The molecule has 0 bridgehead atoms. The third kappa shape index (κ3) is 4.63. The number of H-pyrrole nitrogens is 1. The van der Waals surface area contributed by atoms with E-state index in [0.717, 1.165) is 33.1 Å². The molecule has 4 rings (SSSR count). The first-order chi connectivity index (χ1) is 14.9. The van der Waals surface area contributed by atoms with Crippen LogP contribution in [0.25, 0.3) is 17.0 Å². The monoisotopic (exact) mass is 473 g/mol. The maximum Gasteiger partial charge on any atom is 0.293 e. The predicted molar refractivity (Wildman–Crippen MR) is 124 cm³/mol. The minimum Gasteiger partial charge on any atom is -0.361 e. The molecule has 3 amide bonds. The number of carbonyl (C=O) groups is 3. The van der Waals surface area contributed by atoms with Gasteiger partial charge >= 0.3 is 0 Å². The second-order valence-electron chi connectivity index (χ2n) is 6.86. The lowest BCUT2D eigenvalue weighted by atomic mass is 10.1. The largest absolute Gasteiger partial charge is 0.361 e. The van der Waals surface area contributed by atoms with Crippen LogP contribution in [0.3, 0.4) is 0 Å². The Bertz CT molecular complexity index is 1220. The van der Waals surface area contributed by atoms with Crippen molar-refractivity contribution >= 4 is 69.0 Å². The van der Waals surface area contributed by atoms with Crippen LogP contribution in [0, 0.1) is 0 Å². The van der Waals surface area contributed by atoms with E-state index < -0.39 is 5.91 Å². The van der Waals surface area contributed by atoms with Crippen LogP contribution in [0.2, 0.25) is 10.0 Å². The van der Waals surface area contributed by atoms with Crippen molar-refractivity contribution in [3.05, 3.63) is 74.7 Å². The van der Waals surface area contributed by atoms with E-state index >= 15 is 0 Å². The van der Waals surface area contributed by atoms with Gasteiger partial charge in [0.25, 0.3) is 11.1 Å². The highest BCUT2D eigenvalue weighted by atomic mass is 35.5. The Morgan fingerprint density at radius 2 is 1.94 bits per heavy atom. The fraction of sp³-hybridized carbons (Fsp3) is 0.136. The zero-order valence-corrected chi connectivity index (χ0v) is 18.5. The average molecular weight is 474 g/mol. The Labute approximate surface area is 192 Å². The first kappa shape index (κ1) is 21.5. The maximum atomic E-state index is 12.6. The topological polar surface area (TPSA) is 82.3 Å². The van der Waals surface area contributed by atoms with Crippen LogP contribution in [0.5, 0.6) is 0 Å². The molecule has 0 aliphatic carbocycles. The minimum absolute atomic E-state index is 0.0882. The van der Waals surface area contributed by atoms with E-state index in [-0.39, 0.29) is 35.6 Å². The fourth-order valence-electron chi connectivity index (χ4n) is 3.29. The van der Waals surface area contributed by atoms with E-state index in [1.165, 1.54) is 0 Å². The number of rotatable bonds is 6. The summed E-state index contributed by atoms with van der Waals surface area (Å²) in [5, 5.41) is 4.06. The van der Waals surface area contributed by atoms with Crippen molar-refractivity contribution in [2.24, 2.45) is 0 Å².